The molecule has 22 heavy (non-hydrogen) atoms. The number of ether oxygens (including phenoxy) is 1. The summed E-state index contributed by atoms with van der Waals surface area (Å²) in [7, 11) is 0. The first-order chi connectivity index (χ1) is 10.6. The van der Waals surface area contributed by atoms with Crippen molar-refractivity contribution in [3.05, 3.63) is 53.3 Å². The quantitative estimate of drug-likeness (QED) is 0.636. The lowest BCUT2D eigenvalue weighted by atomic mass is 10.0. The number of carbonyl (C=O) groups is 1. The molecule has 1 heterocycles. The van der Waals surface area contributed by atoms with Crippen molar-refractivity contribution in [3.8, 4) is 5.75 Å². The lowest BCUT2D eigenvalue weighted by molar-refractivity contribution is -0.123. The van der Waals surface area contributed by atoms with E-state index in [0.29, 0.717) is 5.92 Å². The van der Waals surface area contributed by atoms with Gasteiger partial charge in [0.05, 0.1) is 11.9 Å². The highest BCUT2D eigenvalue weighted by atomic mass is 16.5. The summed E-state index contributed by atoms with van der Waals surface area (Å²) in [5, 5.41) is 3.87. The van der Waals surface area contributed by atoms with E-state index >= 15 is 0 Å². The lowest BCUT2D eigenvalue weighted by Gasteiger charge is -2.14. The highest BCUT2D eigenvalue weighted by molar-refractivity contribution is 5.81. The second-order valence-corrected chi connectivity index (χ2v) is 5.40. The third-order valence-electron chi connectivity index (χ3n) is 3.16. The highest BCUT2D eigenvalue weighted by Crippen LogP contribution is 2.27. The van der Waals surface area contributed by atoms with Crippen LogP contribution in [0.15, 0.2) is 41.6 Å². The van der Waals surface area contributed by atoms with E-state index in [2.05, 4.69) is 29.4 Å². The molecule has 0 radical (unpaired) electrons. The summed E-state index contributed by atoms with van der Waals surface area (Å²) in [5.41, 5.74) is 5.45. The number of aromatic nitrogens is 1. The van der Waals surface area contributed by atoms with Gasteiger partial charge in [-0.1, -0.05) is 26.0 Å². The van der Waals surface area contributed by atoms with Gasteiger partial charge in [-0.3, -0.25) is 4.79 Å². The van der Waals surface area contributed by atoms with Crippen molar-refractivity contribution in [2.24, 2.45) is 5.10 Å². The van der Waals surface area contributed by atoms with Crippen LogP contribution < -0.4 is 10.2 Å². The second-order valence-electron chi connectivity index (χ2n) is 5.40. The molecule has 0 aliphatic heterocycles. The van der Waals surface area contributed by atoms with E-state index in [1.807, 2.05) is 37.3 Å². The highest BCUT2D eigenvalue weighted by Gasteiger charge is 2.09. The molecular weight excluding hydrogens is 278 g/mol. The SMILES string of the molecule is Cc1ccc(C(C)C)c(OCC(=O)N/N=C/c2ccc[nH]2)c1. The van der Waals surface area contributed by atoms with E-state index in [4.69, 9.17) is 4.74 Å². The molecule has 0 aliphatic carbocycles. The number of H-pyrrole nitrogens is 1. The number of hydrazone groups is 1. The third kappa shape index (κ3) is 4.48. The molecule has 0 bridgehead atoms. The predicted octanol–water partition coefficient (Wildman–Crippen LogP) is 2.98. The van der Waals surface area contributed by atoms with Crippen LogP contribution in [0.4, 0.5) is 0 Å². The van der Waals surface area contributed by atoms with Crippen LogP contribution in [-0.2, 0) is 4.79 Å². The Labute approximate surface area is 130 Å². The fourth-order valence-corrected chi connectivity index (χ4v) is 2.02. The summed E-state index contributed by atoms with van der Waals surface area (Å²) < 4.78 is 5.64. The third-order valence-corrected chi connectivity index (χ3v) is 3.16. The zero-order valence-corrected chi connectivity index (χ0v) is 13.1. The van der Waals surface area contributed by atoms with Gasteiger partial charge >= 0.3 is 0 Å². The number of hydrogen-bond acceptors (Lipinski definition) is 3. The minimum absolute atomic E-state index is 0.0642. The van der Waals surface area contributed by atoms with Gasteiger partial charge in [0.1, 0.15) is 5.75 Å². The van der Waals surface area contributed by atoms with E-state index < -0.39 is 0 Å². The number of aromatic amines is 1. The topological polar surface area (TPSA) is 66.5 Å². The molecule has 0 saturated carbocycles. The van der Waals surface area contributed by atoms with Crippen molar-refractivity contribution in [1.29, 1.82) is 0 Å². The fourth-order valence-electron chi connectivity index (χ4n) is 2.02. The van der Waals surface area contributed by atoms with Crippen molar-refractivity contribution in [3.63, 3.8) is 0 Å². The predicted molar refractivity (Wildman–Crippen MR) is 87.3 cm³/mol. The number of amides is 1. The Morgan fingerprint density at radius 2 is 2.23 bits per heavy atom. The van der Waals surface area contributed by atoms with Crippen LogP contribution >= 0.6 is 0 Å². The Morgan fingerprint density at radius 3 is 2.91 bits per heavy atom. The first-order valence-electron chi connectivity index (χ1n) is 7.25. The van der Waals surface area contributed by atoms with E-state index in [1.54, 1.807) is 12.4 Å². The van der Waals surface area contributed by atoms with E-state index in [1.165, 1.54) is 0 Å². The van der Waals surface area contributed by atoms with Crippen LogP contribution in [0, 0.1) is 6.92 Å². The lowest BCUT2D eigenvalue weighted by Crippen LogP contribution is -2.25. The monoisotopic (exact) mass is 299 g/mol. The number of aryl methyl sites for hydroxylation is 1. The van der Waals surface area contributed by atoms with E-state index in [9.17, 15) is 4.79 Å². The molecule has 2 N–H and O–H groups in total. The summed E-state index contributed by atoms with van der Waals surface area (Å²) in [4.78, 5) is 14.7. The molecule has 0 fully saturated rings. The molecule has 0 spiro atoms. The molecular formula is C17H21N3O2. The van der Waals surface area contributed by atoms with Gasteiger partial charge in [0.2, 0.25) is 0 Å². The minimum Gasteiger partial charge on any atom is -0.483 e. The van der Waals surface area contributed by atoms with Crippen molar-refractivity contribution < 1.29 is 9.53 Å². The molecule has 0 saturated heterocycles. The molecule has 1 amide bonds. The number of benzene rings is 1. The molecule has 0 unspecified atom stereocenters. The van der Waals surface area contributed by atoms with Crippen molar-refractivity contribution in [1.82, 2.24) is 10.4 Å². The van der Waals surface area contributed by atoms with Crippen LogP contribution in [0.2, 0.25) is 0 Å². The minimum atomic E-state index is -0.293. The summed E-state index contributed by atoms with van der Waals surface area (Å²) in [6.07, 6.45) is 3.33. The Morgan fingerprint density at radius 1 is 1.41 bits per heavy atom. The van der Waals surface area contributed by atoms with Crippen molar-refractivity contribution in [2.75, 3.05) is 6.61 Å². The summed E-state index contributed by atoms with van der Waals surface area (Å²) in [6, 6.07) is 9.75. The maximum Gasteiger partial charge on any atom is 0.277 e. The van der Waals surface area contributed by atoms with Gasteiger partial charge in [0, 0.05) is 6.20 Å². The average molecular weight is 299 g/mol. The maximum atomic E-state index is 11.8. The number of nitrogens with one attached hydrogen (secondary N) is 2. The van der Waals surface area contributed by atoms with Crippen molar-refractivity contribution in [2.45, 2.75) is 26.7 Å². The van der Waals surface area contributed by atoms with Gasteiger partial charge in [-0.25, -0.2) is 5.43 Å². The normalized spacial score (nSPS) is 11.1. The van der Waals surface area contributed by atoms with Gasteiger partial charge in [0.25, 0.3) is 5.91 Å². The fraction of sp³-hybridized carbons (Fsp3) is 0.294. The number of hydrogen-bond donors (Lipinski definition) is 2. The molecule has 2 rings (SSSR count). The van der Waals surface area contributed by atoms with Crippen LogP contribution in [0.25, 0.3) is 0 Å². The molecule has 0 aliphatic rings. The van der Waals surface area contributed by atoms with Gasteiger partial charge in [0.15, 0.2) is 6.61 Å². The Kier molecular flexibility index (Phi) is 5.36. The van der Waals surface area contributed by atoms with Crippen LogP contribution in [0.3, 0.4) is 0 Å². The molecule has 2 aromatic rings. The molecule has 0 atom stereocenters. The van der Waals surface area contributed by atoms with E-state index in [0.717, 1.165) is 22.6 Å². The van der Waals surface area contributed by atoms with Crippen LogP contribution in [-0.4, -0.2) is 23.7 Å². The average Bonchev–Trinajstić information content (AvgIpc) is 2.98. The Balaban J connectivity index is 1.89. The first-order valence-corrected chi connectivity index (χ1v) is 7.25. The van der Waals surface area contributed by atoms with Gasteiger partial charge in [-0.15, -0.1) is 0 Å². The zero-order chi connectivity index (χ0) is 15.9. The zero-order valence-electron chi connectivity index (χ0n) is 13.1. The standard InChI is InChI=1S/C17H21N3O2/c1-12(2)15-7-6-13(3)9-16(15)22-11-17(21)20-19-10-14-5-4-8-18-14/h4-10,12,18H,11H2,1-3H3,(H,20,21)/b19-10+. The summed E-state index contributed by atoms with van der Waals surface area (Å²) in [5.74, 6) is 0.794. The van der Waals surface area contributed by atoms with Gasteiger partial charge in [-0.2, -0.15) is 5.10 Å². The molecule has 116 valence electrons. The first kappa shape index (κ1) is 15.8. The number of rotatable bonds is 6. The maximum absolute atomic E-state index is 11.8. The smallest absolute Gasteiger partial charge is 0.277 e. The van der Waals surface area contributed by atoms with Gasteiger partial charge in [-0.05, 0) is 42.2 Å². The van der Waals surface area contributed by atoms with Crippen LogP contribution in [0.1, 0.15) is 36.6 Å². The Bertz CT molecular complexity index is 646. The number of carbonyl (C=O) groups excluding carboxylic acids is 1. The largest absolute Gasteiger partial charge is 0.483 e. The molecule has 1 aromatic heterocycles. The molecule has 5 heteroatoms. The second kappa shape index (κ2) is 7.45. The Hall–Kier alpha value is -2.56. The van der Waals surface area contributed by atoms with Gasteiger partial charge < -0.3 is 9.72 Å². The summed E-state index contributed by atoms with van der Waals surface area (Å²) in [6.45, 7) is 6.12. The van der Waals surface area contributed by atoms with E-state index in [-0.39, 0.29) is 12.5 Å². The molecule has 1 aromatic carbocycles. The summed E-state index contributed by atoms with van der Waals surface area (Å²) >= 11 is 0. The van der Waals surface area contributed by atoms with Crippen LogP contribution in [0.5, 0.6) is 5.75 Å². The molecule has 5 nitrogen and oxygen atoms in total. The van der Waals surface area contributed by atoms with Crippen molar-refractivity contribution >= 4 is 12.1 Å². The number of nitrogens with zero attached hydrogens (tertiary/aromatic N) is 1.